The number of rotatable bonds is 3. The number of likely N-dealkylation sites (N-methyl/N-ethyl adjacent to an activating group) is 1. The van der Waals surface area contributed by atoms with Gasteiger partial charge in [-0.25, -0.2) is 0 Å². The maximum atomic E-state index is 12.7. The van der Waals surface area contributed by atoms with Crippen molar-refractivity contribution in [2.24, 2.45) is 0 Å². The number of carbonyl (C=O) groups excluding carboxylic acids is 2. The maximum Gasteiger partial charge on any atom is 0.260 e. The van der Waals surface area contributed by atoms with E-state index >= 15 is 0 Å². The molecule has 0 aliphatic carbocycles. The summed E-state index contributed by atoms with van der Waals surface area (Å²) >= 11 is 0. The first-order valence-corrected chi connectivity index (χ1v) is 9.22. The van der Waals surface area contributed by atoms with Gasteiger partial charge in [0.05, 0.1) is 0 Å². The van der Waals surface area contributed by atoms with E-state index in [4.69, 9.17) is 4.74 Å². The van der Waals surface area contributed by atoms with Crippen molar-refractivity contribution in [2.45, 2.75) is 19.4 Å². The molecule has 6 nitrogen and oxygen atoms in total. The molecule has 1 N–H and O–H groups in total. The van der Waals surface area contributed by atoms with Gasteiger partial charge in [0.2, 0.25) is 5.91 Å². The lowest BCUT2D eigenvalue weighted by atomic mass is 10.0. The molecule has 2 amide bonds. The fourth-order valence-electron chi connectivity index (χ4n) is 3.59. The molecule has 6 heteroatoms. The van der Waals surface area contributed by atoms with Crippen molar-refractivity contribution in [3.63, 3.8) is 0 Å². The highest BCUT2D eigenvalue weighted by Crippen LogP contribution is 2.27. The van der Waals surface area contributed by atoms with E-state index in [-0.39, 0.29) is 18.4 Å². The molecule has 0 saturated heterocycles. The Labute approximate surface area is 158 Å². The smallest absolute Gasteiger partial charge is 0.260 e. The zero-order chi connectivity index (χ0) is 18.8. The van der Waals surface area contributed by atoms with E-state index in [1.807, 2.05) is 29.2 Å². The van der Waals surface area contributed by atoms with Gasteiger partial charge in [0.15, 0.2) is 6.61 Å². The number of nitrogens with one attached hydrogen (secondary N) is 1. The van der Waals surface area contributed by atoms with Crippen LogP contribution < -0.4 is 15.0 Å². The fraction of sp³-hybridized carbons (Fsp3) is 0.333. The predicted molar refractivity (Wildman–Crippen MR) is 104 cm³/mol. The molecule has 0 atom stereocenters. The van der Waals surface area contributed by atoms with Crippen molar-refractivity contribution >= 4 is 23.2 Å². The Kier molecular flexibility index (Phi) is 4.71. The summed E-state index contributed by atoms with van der Waals surface area (Å²) in [5.41, 5.74) is 4.20. The van der Waals surface area contributed by atoms with Gasteiger partial charge in [0.1, 0.15) is 5.75 Å². The van der Waals surface area contributed by atoms with Crippen LogP contribution in [0.5, 0.6) is 5.75 Å². The van der Waals surface area contributed by atoms with Gasteiger partial charge in [-0.3, -0.25) is 9.59 Å². The second kappa shape index (κ2) is 7.31. The summed E-state index contributed by atoms with van der Waals surface area (Å²) in [4.78, 5) is 28.2. The number of hydrogen-bond donors (Lipinski definition) is 1. The molecule has 0 unspecified atom stereocenters. The number of fused-ring (bicyclic) bond motifs is 2. The van der Waals surface area contributed by atoms with E-state index in [0.29, 0.717) is 31.7 Å². The summed E-state index contributed by atoms with van der Waals surface area (Å²) in [7, 11) is 2.05. The standard InChI is InChI=1S/C21H23N3O3/c1-23-10-11-24(13-16-4-2-3-5-19(16)23)21(26)14-27-17-7-8-18-15(12-17)6-9-20(25)22-18/h2-5,7-8,12H,6,9-11,13-14H2,1H3,(H,22,25). The Hall–Kier alpha value is -3.02. The minimum Gasteiger partial charge on any atom is -0.484 e. The van der Waals surface area contributed by atoms with Gasteiger partial charge in [-0.05, 0) is 41.8 Å². The van der Waals surface area contributed by atoms with E-state index in [0.717, 1.165) is 23.4 Å². The molecule has 0 spiro atoms. The van der Waals surface area contributed by atoms with Crippen LogP contribution in [0.2, 0.25) is 0 Å². The molecular formula is C21H23N3O3. The Balaban J connectivity index is 1.40. The number of carbonyl (C=O) groups is 2. The van der Waals surface area contributed by atoms with Gasteiger partial charge in [0, 0.05) is 44.5 Å². The molecular weight excluding hydrogens is 342 g/mol. The van der Waals surface area contributed by atoms with Crippen LogP contribution >= 0.6 is 0 Å². The van der Waals surface area contributed by atoms with E-state index in [1.165, 1.54) is 5.69 Å². The van der Waals surface area contributed by atoms with Crippen LogP contribution in [0.4, 0.5) is 11.4 Å². The molecule has 2 aliphatic heterocycles. The molecule has 0 radical (unpaired) electrons. The van der Waals surface area contributed by atoms with Crippen molar-refractivity contribution in [3.8, 4) is 5.75 Å². The van der Waals surface area contributed by atoms with Crippen LogP contribution in [0.15, 0.2) is 42.5 Å². The Morgan fingerprint density at radius 1 is 1.11 bits per heavy atom. The minimum absolute atomic E-state index is 0.0109. The molecule has 4 rings (SSSR count). The topological polar surface area (TPSA) is 61.9 Å². The third-order valence-corrected chi connectivity index (χ3v) is 5.16. The monoisotopic (exact) mass is 365 g/mol. The highest BCUT2D eigenvalue weighted by atomic mass is 16.5. The summed E-state index contributed by atoms with van der Waals surface area (Å²) in [6.45, 7) is 2.07. The van der Waals surface area contributed by atoms with E-state index < -0.39 is 0 Å². The van der Waals surface area contributed by atoms with Gasteiger partial charge in [-0.15, -0.1) is 0 Å². The Morgan fingerprint density at radius 2 is 1.96 bits per heavy atom. The molecule has 0 aromatic heterocycles. The van der Waals surface area contributed by atoms with Crippen LogP contribution in [0.25, 0.3) is 0 Å². The highest BCUT2D eigenvalue weighted by molar-refractivity contribution is 5.94. The molecule has 2 heterocycles. The van der Waals surface area contributed by atoms with Gasteiger partial charge in [-0.1, -0.05) is 18.2 Å². The lowest BCUT2D eigenvalue weighted by molar-refractivity contribution is -0.133. The van der Waals surface area contributed by atoms with Crippen molar-refractivity contribution in [1.29, 1.82) is 0 Å². The van der Waals surface area contributed by atoms with E-state index in [1.54, 1.807) is 6.07 Å². The highest BCUT2D eigenvalue weighted by Gasteiger charge is 2.22. The summed E-state index contributed by atoms with van der Waals surface area (Å²) in [6.07, 6.45) is 1.18. The van der Waals surface area contributed by atoms with Gasteiger partial charge in [0.25, 0.3) is 5.91 Å². The zero-order valence-electron chi connectivity index (χ0n) is 15.4. The SMILES string of the molecule is CN1CCN(C(=O)COc2ccc3c(c2)CCC(=O)N3)Cc2ccccc21. The predicted octanol–water partition coefficient (Wildman–Crippen LogP) is 2.43. The van der Waals surface area contributed by atoms with Crippen LogP contribution in [-0.2, 0) is 22.6 Å². The largest absolute Gasteiger partial charge is 0.484 e. The number of benzene rings is 2. The number of ether oxygens (including phenoxy) is 1. The lowest BCUT2D eigenvalue weighted by Crippen LogP contribution is -2.37. The molecule has 2 aromatic rings. The quantitative estimate of drug-likeness (QED) is 0.908. The third-order valence-electron chi connectivity index (χ3n) is 5.16. The molecule has 27 heavy (non-hydrogen) atoms. The average molecular weight is 365 g/mol. The number of para-hydroxylation sites is 1. The summed E-state index contributed by atoms with van der Waals surface area (Å²) in [6, 6.07) is 13.7. The molecule has 140 valence electrons. The van der Waals surface area contributed by atoms with Crippen molar-refractivity contribution in [2.75, 3.05) is 37.0 Å². The zero-order valence-corrected chi connectivity index (χ0v) is 15.4. The van der Waals surface area contributed by atoms with Gasteiger partial charge in [-0.2, -0.15) is 0 Å². The molecule has 2 aromatic carbocycles. The van der Waals surface area contributed by atoms with Crippen molar-refractivity contribution in [3.05, 3.63) is 53.6 Å². The first-order valence-electron chi connectivity index (χ1n) is 9.22. The Bertz CT molecular complexity index is 881. The number of hydrogen-bond acceptors (Lipinski definition) is 4. The normalized spacial score (nSPS) is 16.1. The average Bonchev–Trinajstić information content (AvgIpc) is 2.85. The van der Waals surface area contributed by atoms with E-state index in [2.05, 4.69) is 29.4 Å². The summed E-state index contributed by atoms with van der Waals surface area (Å²) in [5, 5.41) is 2.85. The number of nitrogens with zero attached hydrogens (tertiary/aromatic N) is 2. The van der Waals surface area contributed by atoms with E-state index in [9.17, 15) is 9.59 Å². The lowest BCUT2D eigenvalue weighted by Gasteiger charge is -2.22. The minimum atomic E-state index is -0.0221. The number of anilines is 2. The number of aryl methyl sites for hydroxylation is 1. The molecule has 0 saturated carbocycles. The van der Waals surface area contributed by atoms with Crippen molar-refractivity contribution in [1.82, 2.24) is 4.90 Å². The fourth-order valence-corrected chi connectivity index (χ4v) is 3.59. The second-order valence-electron chi connectivity index (χ2n) is 7.02. The first-order chi connectivity index (χ1) is 13.1. The first kappa shape index (κ1) is 17.4. The molecule has 2 aliphatic rings. The van der Waals surface area contributed by atoms with Gasteiger partial charge < -0.3 is 19.9 Å². The van der Waals surface area contributed by atoms with Crippen molar-refractivity contribution < 1.29 is 14.3 Å². The maximum absolute atomic E-state index is 12.7. The molecule has 0 bridgehead atoms. The van der Waals surface area contributed by atoms with Crippen LogP contribution in [0, 0.1) is 0 Å². The Morgan fingerprint density at radius 3 is 2.85 bits per heavy atom. The summed E-state index contributed by atoms with van der Waals surface area (Å²) in [5.74, 6) is 0.675. The van der Waals surface area contributed by atoms with Crippen LogP contribution in [0.3, 0.4) is 0 Å². The van der Waals surface area contributed by atoms with Gasteiger partial charge >= 0.3 is 0 Å². The third kappa shape index (κ3) is 3.74. The molecule has 0 fully saturated rings. The van der Waals surface area contributed by atoms with Crippen LogP contribution in [0.1, 0.15) is 17.5 Å². The summed E-state index contributed by atoms with van der Waals surface area (Å²) < 4.78 is 5.75. The van der Waals surface area contributed by atoms with Crippen LogP contribution in [-0.4, -0.2) is 43.5 Å². The second-order valence-corrected chi connectivity index (χ2v) is 7.02. The number of amides is 2.